The lowest BCUT2D eigenvalue weighted by Crippen LogP contribution is -2.23. The number of aromatic nitrogens is 2. The largest absolute Gasteiger partial charge is 0.481 e. The van der Waals surface area contributed by atoms with Crippen molar-refractivity contribution < 1.29 is 24.9 Å². The Bertz CT molecular complexity index is 958. The maximum Gasteiger partial charge on any atom is 0.354 e. The lowest BCUT2D eigenvalue weighted by molar-refractivity contribution is -0.137. The number of hydrogen-bond donors (Lipinski definition) is 3. The molecule has 0 radical (unpaired) electrons. The molecule has 7 nitrogen and oxygen atoms in total. The first-order valence-electron chi connectivity index (χ1n) is 12.3. The van der Waals surface area contributed by atoms with Crippen LogP contribution in [0, 0.1) is 6.92 Å². The number of aliphatic carboxylic acids is 1. The zero-order valence-corrected chi connectivity index (χ0v) is 21.5. The van der Waals surface area contributed by atoms with E-state index in [2.05, 4.69) is 29.2 Å². The molecule has 0 bridgehead atoms. The van der Waals surface area contributed by atoms with Gasteiger partial charge in [-0.3, -0.25) is 4.79 Å². The number of aliphatic hydroxyl groups excluding tert-OH is 1. The second-order valence-corrected chi connectivity index (χ2v) is 9.99. The Hall–Kier alpha value is -2.58. The van der Waals surface area contributed by atoms with Crippen molar-refractivity contribution in [2.24, 2.45) is 7.05 Å². The molecule has 0 spiro atoms. The number of benzene rings is 1. The summed E-state index contributed by atoms with van der Waals surface area (Å²) >= 11 is 1.26. The van der Waals surface area contributed by atoms with Crippen LogP contribution in [0.3, 0.4) is 0 Å². The smallest absolute Gasteiger partial charge is 0.354 e. The minimum absolute atomic E-state index is 0.110. The van der Waals surface area contributed by atoms with Crippen LogP contribution in [0.15, 0.2) is 47.6 Å². The summed E-state index contributed by atoms with van der Waals surface area (Å²) in [5.41, 5.74) is 1.92. The molecule has 0 aliphatic rings. The number of thioether (sulfide) groups is 1. The van der Waals surface area contributed by atoms with E-state index in [1.54, 1.807) is 14.0 Å². The fraction of sp³-hybridized carbons (Fsp3) is 0.519. The third-order valence-corrected chi connectivity index (χ3v) is 7.28. The predicted molar refractivity (Wildman–Crippen MR) is 139 cm³/mol. The van der Waals surface area contributed by atoms with E-state index in [1.807, 2.05) is 18.2 Å². The molecular formula is C27H38N2O5S. The molecule has 0 saturated carbocycles. The molecule has 1 heterocycles. The Morgan fingerprint density at radius 2 is 1.71 bits per heavy atom. The van der Waals surface area contributed by atoms with Crippen molar-refractivity contribution in [3.05, 3.63) is 59.4 Å². The van der Waals surface area contributed by atoms with Gasteiger partial charge in [0.05, 0.1) is 17.0 Å². The first kappa shape index (κ1) is 28.7. The molecule has 2 aromatic rings. The van der Waals surface area contributed by atoms with E-state index in [4.69, 9.17) is 5.11 Å². The molecule has 2 unspecified atom stereocenters. The quantitative estimate of drug-likeness (QED) is 0.146. The third-order valence-electron chi connectivity index (χ3n) is 5.96. The maximum atomic E-state index is 11.5. The molecule has 8 heteroatoms. The number of imidazole rings is 1. The van der Waals surface area contributed by atoms with Gasteiger partial charge in [-0.25, -0.2) is 9.78 Å². The number of unbranched alkanes of at least 4 members (excludes halogenated alkanes) is 6. The number of aliphatic hydroxyl groups is 1. The summed E-state index contributed by atoms with van der Waals surface area (Å²) < 4.78 is 1.50. The van der Waals surface area contributed by atoms with Crippen LogP contribution in [0.4, 0.5) is 0 Å². The lowest BCUT2D eigenvalue weighted by Gasteiger charge is -2.18. The first-order chi connectivity index (χ1) is 16.8. The number of aromatic carboxylic acids is 1. The van der Waals surface area contributed by atoms with Crippen LogP contribution in [0.5, 0.6) is 0 Å². The molecule has 0 saturated heterocycles. The van der Waals surface area contributed by atoms with E-state index < -0.39 is 23.3 Å². The Morgan fingerprint density at radius 3 is 2.34 bits per heavy atom. The molecule has 2 atom stereocenters. The van der Waals surface area contributed by atoms with Crippen LogP contribution in [-0.4, -0.2) is 48.2 Å². The number of carboxylic acids is 2. The highest BCUT2D eigenvalue weighted by atomic mass is 32.2. The number of hydrogen-bond acceptors (Lipinski definition) is 5. The number of aryl methyl sites for hydroxylation is 2. The van der Waals surface area contributed by atoms with E-state index in [0.29, 0.717) is 10.9 Å². The van der Waals surface area contributed by atoms with E-state index in [0.717, 1.165) is 25.7 Å². The highest BCUT2D eigenvalue weighted by Crippen LogP contribution is 2.29. The van der Waals surface area contributed by atoms with Crippen molar-refractivity contribution in [2.45, 2.75) is 87.6 Å². The molecule has 0 aliphatic heterocycles. The van der Waals surface area contributed by atoms with Gasteiger partial charge in [0.2, 0.25) is 0 Å². The fourth-order valence-corrected chi connectivity index (χ4v) is 5.16. The molecule has 0 fully saturated rings. The first-order valence-corrected chi connectivity index (χ1v) is 13.2. The monoisotopic (exact) mass is 502 g/mol. The van der Waals surface area contributed by atoms with Crippen molar-refractivity contribution >= 4 is 23.7 Å². The predicted octanol–water partition coefficient (Wildman–Crippen LogP) is 5.64. The topological polar surface area (TPSA) is 113 Å². The summed E-state index contributed by atoms with van der Waals surface area (Å²) in [5, 5.41) is 29.1. The normalized spacial score (nSPS) is 13.2. The standard InChI is InChI=1S/C27H38N2O5S/c1-20-25(26(33)34)29(2)27(28-20)35-23(22(30)18-19-24(31)32)17-13-8-6-4-3-5-7-10-14-21-15-11-9-12-16-21/h9,11-13,15-17,22-23,30H,3-8,10,14,18-19H2,1-2H3,(H,31,32)(H,33,34)/b17-13-. The summed E-state index contributed by atoms with van der Waals surface area (Å²) in [6.07, 6.45) is 12.2. The van der Waals surface area contributed by atoms with Crippen molar-refractivity contribution in [3.8, 4) is 0 Å². The van der Waals surface area contributed by atoms with Gasteiger partial charge in [-0.15, -0.1) is 0 Å². The number of rotatable bonds is 17. The maximum absolute atomic E-state index is 11.5. The Balaban J connectivity index is 1.79. The molecule has 192 valence electrons. The number of carboxylic acid groups (broad SMARTS) is 2. The molecule has 1 aromatic heterocycles. The average molecular weight is 503 g/mol. The average Bonchev–Trinajstić information content (AvgIpc) is 3.11. The Kier molecular flexibility index (Phi) is 12.6. The van der Waals surface area contributed by atoms with Crippen molar-refractivity contribution in [1.29, 1.82) is 0 Å². The molecular weight excluding hydrogens is 464 g/mol. The molecule has 2 rings (SSSR count). The van der Waals surface area contributed by atoms with Gasteiger partial charge in [0.25, 0.3) is 0 Å². The van der Waals surface area contributed by atoms with Gasteiger partial charge >= 0.3 is 11.9 Å². The minimum Gasteiger partial charge on any atom is -0.481 e. The summed E-state index contributed by atoms with van der Waals surface area (Å²) in [4.78, 5) is 26.8. The lowest BCUT2D eigenvalue weighted by atomic mass is 10.0. The SMILES string of the molecule is Cc1nc(SC(/C=C\CCCCCCCCc2ccccc2)C(O)CCC(=O)O)n(C)c1C(=O)O. The summed E-state index contributed by atoms with van der Waals surface area (Å²) in [6, 6.07) is 10.6. The van der Waals surface area contributed by atoms with Gasteiger partial charge in [-0.1, -0.05) is 79.9 Å². The second-order valence-electron chi connectivity index (χ2n) is 8.85. The molecule has 0 amide bonds. The van der Waals surface area contributed by atoms with Crippen LogP contribution in [0.1, 0.15) is 79.5 Å². The van der Waals surface area contributed by atoms with Gasteiger partial charge in [-0.05, 0) is 44.6 Å². The fourth-order valence-electron chi connectivity index (χ4n) is 3.99. The number of carbonyl (C=O) groups is 2. The van der Waals surface area contributed by atoms with Gasteiger partial charge in [-0.2, -0.15) is 0 Å². The van der Waals surface area contributed by atoms with Gasteiger partial charge in [0.15, 0.2) is 10.9 Å². The summed E-state index contributed by atoms with van der Waals surface area (Å²) in [7, 11) is 1.63. The zero-order chi connectivity index (χ0) is 25.6. The van der Waals surface area contributed by atoms with E-state index in [9.17, 15) is 19.8 Å². The Labute approximate surface area is 212 Å². The van der Waals surface area contributed by atoms with E-state index in [-0.39, 0.29) is 18.5 Å². The molecule has 1 aromatic carbocycles. The van der Waals surface area contributed by atoms with E-state index in [1.165, 1.54) is 47.6 Å². The minimum atomic E-state index is -1.05. The third kappa shape index (κ3) is 10.3. The van der Waals surface area contributed by atoms with E-state index >= 15 is 0 Å². The highest BCUT2D eigenvalue weighted by Gasteiger charge is 2.24. The van der Waals surface area contributed by atoms with Crippen LogP contribution < -0.4 is 0 Å². The number of allylic oxidation sites excluding steroid dienone is 1. The second kappa shape index (κ2) is 15.4. The molecule has 35 heavy (non-hydrogen) atoms. The summed E-state index contributed by atoms with van der Waals surface area (Å²) in [6.45, 7) is 1.64. The van der Waals surface area contributed by atoms with Gasteiger partial charge < -0.3 is 19.9 Å². The van der Waals surface area contributed by atoms with Crippen LogP contribution >= 0.6 is 11.8 Å². The Morgan fingerprint density at radius 1 is 1.06 bits per heavy atom. The number of nitrogens with zero attached hydrogens (tertiary/aromatic N) is 2. The summed E-state index contributed by atoms with van der Waals surface area (Å²) in [5.74, 6) is -2.01. The zero-order valence-electron chi connectivity index (χ0n) is 20.7. The van der Waals surface area contributed by atoms with Crippen LogP contribution in [-0.2, 0) is 18.3 Å². The van der Waals surface area contributed by atoms with Crippen LogP contribution in [0.25, 0.3) is 0 Å². The molecule has 3 N–H and O–H groups in total. The van der Waals surface area contributed by atoms with Crippen molar-refractivity contribution in [1.82, 2.24) is 9.55 Å². The van der Waals surface area contributed by atoms with Crippen molar-refractivity contribution in [3.63, 3.8) is 0 Å². The van der Waals surface area contributed by atoms with Crippen LogP contribution in [0.2, 0.25) is 0 Å². The molecule has 0 aliphatic carbocycles. The van der Waals surface area contributed by atoms with Crippen molar-refractivity contribution in [2.75, 3.05) is 0 Å². The van der Waals surface area contributed by atoms with Gasteiger partial charge in [0.1, 0.15) is 0 Å². The highest BCUT2D eigenvalue weighted by molar-refractivity contribution is 8.00. The van der Waals surface area contributed by atoms with Gasteiger partial charge in [0, 0.05) is 13.5 Å².